The van der Waals surface area contributed by atoms with Gasteiger partial charge in [0.25, 0.3) is 0 Å². The highest BCUT2D eigenvalue weighted by molar-refractivity contribution is 5.78. The van der Waals surface area contributed by atoms with Crippen LogP contribution in [0.5, 0.6) is 0 Å². The Labute approximate surface area is 119 Å². The molecule has 0 radical (unpaired) electrons. The first kappa shape index (κ1) is 12.9. The van der Waals surface area contributed by atoms with Gasteiger partial charge in [0.15, 0.2) is 0 Å². The van der Waals surface area contributed by atoms with Crippen molar-refractivity contribution in [3.8, 4) is 0 Å². The Morgan fingerprint density at radius 1 is 1.00 bits per heavy atom. The minimum atomic E-state index is 0.819. The Hall–Kier alpha value is -2.13. The van der Waals surface area contributed by atoms with E-state index in [2.05, 4.69) is 57.6 Å². The zero-order chi connectivity index (χ0) is 13.8. The summed E-state index contributed by atoms with van der Waals surface area (Å²) in [5, 5.41) is 8.84. The molecule has 3 nitrogen and oxygen atoms in total. The third-order valence-electron chi connectivity index (χ3n) is 3.57. The van der Waals surface area contributed by atoms with E-state index in [1.165, 1.54) is 22.0 Å². The number of likely N-dealkylation sites (N-methyl/N-ethyl adjacent to an activating group) is 1. The van der Waals surface area contributed by atoms with Crippen LogP contribution in [0.4, 0.5) is 0 Å². The highest BCUT2D eigenvalue weighted by atomic mass is 15.3. The van der Waals surface area contributed by atoms with Crippen LogP contribution in [0.15, 0.2) is 54.7 Å². The Balaban J connectivity index is 1.77. The molecule has 3 aromatic rings. The van der Waals surface area contributed by atoms with Gasteiger partial charge in [0.1, 0.15) is 0 Å². The third-order valence-corrected chi connectivity index (χ3v) is 3.57. The summed E-state index contributed by atoms with van der Waals surface area (Å²) in [4.78, 5) is 0. The standard InChI is InChI=1S/C17H19N3/c1-18-11-10-14-6-8-15(9-7-14)13-20-17-5-3-2-4-16(17)12-19-20/h2-9,12,18H,10-11,13H2,1H3. The van der Waals surface area contributed by atoms with E-state index in [9.17, 15) is 0 Å². The summed E-state index contributed by atoms with van der Waals surface area (Å²) in [6.45, 7) is 1.84. The summed E-state index contributed by atoms with van der Waals surface area (Å²) >= 11 is 0. The SMILES string of the molecule is CNCCc1ccc(Cn2ncc3ccccc32)cc1. The van der Waals surface area contributed by atoms with Gasteiger partial charge in [-0.1, -0.05) is 42.5 Å². The van der Waals surface area contributed by atoms with Crippen molar-refractivity contribution < 1.29 is 0 Å². The van der Waals surface area contributed by atoms with Gasteiger partial charge in [-0.15, -0.1) is 0 Å². The highest BCUT2D eigenvalue weighted by Crippen LogP contribution is 2.15. The Morgan fingerprint density at radius 3 is 2.55 bits per heavy atom. The molecule has 0 bridgehead atoms. The second-order valence-electron chi connectivity index (χ2n) is 5.03. The number of nitrogens with zero attached hydrogens (tertiary/aromatic N) is 2. The summed E-state index contributed by atoms with van der Waals surface area (Å²) in [5.74, 6) is 0. The molecule has 0 saturated heterocycles. The minimum Gasteiger partial charge on any atom is -0.319 e. The number of rotatable bonds is 5. The van der Waals surface area contributed by atoms with E-state index in [-0.39, 0.29) is 0 Å². The predicted octanol–water partition coefficient (Wildman–Crippen LogP) is 2.85. The fraction of sp³-hybridized carbons (Fsp3) is 0.235. The fourth-order valence-corrected chi connectivity index (χ4v) is 2.41. The largest absolute Gasteiger partial charge is 0.319 e. The Kier molecular flexibility index (Phi) is 3.79. The van der Waals surface area contributed by atoms with E-state index in [0.717, 1.165) is 19.5 Å². The second kappa shape index (κ2) is 5.88. The number of fused-ring (bicyclic) bond motifs is 1. The number of hydrogen-bond donors (Lipinski definition) is 1. The molecular weight excluding hydrogens is 246 g/mol. The van der Waals surface area contributed by atoms with Gasteiger partial charge in [-0.05, 0) is 37.2 Å². The lowest BCUT2D eigenvalue weighted by Gasteiger charge is -2.06. The summed E-state index contributed by atoms with van der Waals surface area (Å²) in [6, 6.07) is 17.1. The van der Waals surface area contributed by atoms with Crippen LogP contribution in [0.2, 0.25) is 0 Å². The molecule has 3 rings (SSSR count). The molecule has 1 N–H and O–H groups in total. The van der Waals surface area contributed by atoms with Gasteiger partial charge in [0.05, 0.1) is 18.3 Å². The van der Waals surface area contributed by atoms with Gasteiger partial charge in [-0.3, -0.25) is 4.68 Å². The summed E-state index contributed by atoms with van der Waals surface area (Å²) in [7, 11) is 1.98. The number of benzene rings is 2. The monoisotopic (exact) mass is 265 g/mol. The molecular formula is C17H19N3. The quantitative estimate of drug-likeness (QED) is 0.769. The first-order valence-corrected chi connectivity index (χ1v) is 7.00. The van der Waals surface area contributed by atoms with Crippen LogP contribution in [0, 0.1) is 0 Å². The number of aromatic nitrogens is 2. The third kappa shape index (κ3) is 2.73. The first-order chi connectivity index (χ1) is 9.86. The normalized spacial score (nSPS) is 11.1. The molecule has 102 valence electrons. The van der Waals surface area contributed by atoms with Crippen LogP contribution in [0.3, 0.4) is 0 Å². The van der Waals surface area contributed by atoms with Crippen molar-refractivity contribution in [1.82, 2.24) is 15.1 Å². The van der Waals surface area contributed by atoms with E-state index in [1.807, 2.05) is 19.3 Å². The van der Waals surface area contributed by atoms with Crippen LogP contribution < -0.4 is 5.32 Å². The maximum absolute atomic E-state index is 4.47. The van der Waals surface area contributed by atoms with Crippen molar-refractivity contribution in [3.63, 3.8) is 0 Å². The van der Waals surface area contributed by atoms with Gasteiger partial charge >= 0.3 is 0 Å². The lowest BCUT2D eigenvalue weighted by molar-refractivity contribution is 0.711. The number of para-hydroxylation sites is 1. The van der Waals surface area contributed by atoms with Crippen molar-refractivity contribution in [2.24, 2.45) is 0 Å². The van der Waals surface area contributed by atoms with Crippen LogP contribution in [-0.2, 0) is 13.0 Å². The van der Waals surface area contributed by atoms with Gasteiger partial charge in [-0.2, -0.15) is 5.10 Å². The maximum Gasteiger partial charge on any atom is 0.0686 e. The molecule has 1 heterocycles. The topological polar surface area (TPSA) is 29.9 Å². The van der Waals surface area contributed by atoms with E-state index in [0.29, 0.717) is 0 Å². The molecule has 0 fully saturated rings. The van der Waals surface area contributed by atoms with Crippen molar-refractivity contribution in [2.75, 3.05) is 13.6 Å². The van der Waals surface area contributed by atoms with E-state index >= 15 is 0 Å². The number of hydrogen-bond acceptors (Lipinski definition) is 2. The number of nitrogens with one attached hydrogen (secondary N) is 1. The van der Waals surface area contributed by atoms with Gasteiger partial charge in [0, 0.05) is 5.39 Å². The van der Waals surface area contributed by atoms with Crippen LogP contribution in [0.1, 0.15) is 11.1 Å². The molecule has 0 amide bonds. The average molecular weight is 265 g/mol. The molecule has 0 unspecified atom stereocenters. The van der Waals surface area contributed by atoms with Crippen LogP contribution >= 0.6 is 0 Å². The van der Waals surface area contributed by atoms with Gasteiger partial charge in [0.2, 0.25) is 0 Å². The maximum atomic E-state index is 4.47. The van der Waals surface area contributed by atoms with E-state index in [4.69, 9.17) is 0 Å². The average Bonchev–Trinajstić information content (AvgIpc) is 2.90. The molecule has 20 heavy (non-hydrogen) atoms. The summed E-state index contributed by atoms with van der Waals surface area (Å²) in [6.07, 6.45) is 3.00. The molecule has 2 aromatic carbocycles. The Bertz CT molecular complexity index is 683. The molecule has 0 aliphatic heterocycles. The molecule has 0 atom stereocenters. The molecule has 3 heteroatoms. The Morgan fingerprint density at radius 2 is 1.75 bits per heavy atom. The molecule has 0 aliphatic carbocycles. The van der Waals surface area contributed by atoms with Crippen LogP contribution in [-0.4, -0.2) is 23.4 Å². The molecule has 0 saturated carbocycles. The van der Waals surface area contributed by atoms with Gasteiger partial charge in [-0.25, -0.2) is 0 Å². The smallest absolute Gasteiger partial charge is 0.0686 e. The molecule has 1 aromatic heterocycles. The molecule has 0 aliphatic rings. The first-order valence-electron chi connectivity index (χ1n) is 7.00. The van der Waals surface area contributed by atoms with E-state index in [1.54, 1.807) is 0 Å². The zero-order valence-electron chi connectivity index (χ0n) is 11.7. The highest BCUT2D eigenvalue weighted by Gasteiger charge is 2.02. The van der Waals surface area contributed by atoms with Gasteiger partial charge < -0.3 is 5.32 Å². The minimum absolute atomic E-state index is 0.819. The fourth-order valence-electron chi connectivity index (χ4n) is 2.41. The summed E-state index contributed by atoms with van der Waals surface area (Å²) in [5.41, 5.74) is 3.84. The lowest BCUT2D eigenvalue weighted by atomic mass is 10.1. The van der Waals surface area contributed by atoms with Crippen molar-refractivity contribution in [1.29, 1.82) is 0 Å². The van der Waals surface area contributed by atoms with Crippen molar-refractivity contribution in [2.45, 2.75) is 13.0 Å². The molecule has 0 spiro atoms. The lowest BCUT2D eigenvalue weighted by Crippen LogP contribution is -2.10. The van der Waals surface area contributed by atoms with Crippen molar-refractivity contribution in [3.05, 3.63) is 65.9 Å². The summed E-state index contributed by atoms with van der Waals surface area (Å²) < 4.78 is 2.05. The van der Waals surface area contributed by atoms with Crippen molar-refractivity contribution >= 4 is 10.9 Å². The van der Waals surface area contributed by atoms with E-state index < -0.39 is 0 Å². The second-order valence-corrected chi connectivity index (χ2v) is 5.03. The zero-order valence-corrected chi connectivity index (χ0v) is 11.7. The van der Waals surface area contributed by atoms with Crippen LogP contribution in [0.25, 0.3) is 10.9 Å². The predicted molar refractivity (Wildman–Crippen MR) is 82.9 cm³/mol.